The van der Waals surface area contributed by atoms with Crippen molar-refractivity contribution in [2.75, 3.05) is 4.90 Å². The van der Waals surface area contributed by atoms with Crippen LogP contribution in [0, 0.1) is 0 Å². The van der Waals surface area contributed by atoms with Gasteiger partial charge in [0.1, 0.15) is 0 Å². The molecule has 0 saturated carbocycles. The summed E-state index contributed by atoms with van der Waals surface area (Å²) in [4.78, 5) is 7.65. The van der Waals surface area contributed by atoms with Crippen molar-refractivity contribution in [3.63, 3.8) is 0 Å². The van der Waals surface area contributed by atoms with Crippen molar-refractivity contribution in [2.24, 2.45) is 0 Å². The molecule has 2 aromatic carbocycles. The first-order valence-corrected chi connectivity index (χ1v) is 11.3. The van der Waals surface area contributed by atoms with E-state index in [-0.39, 0.29) is 6.04 Å². The lowest BCUT2D eigenvalue weighted by atomic mass is 9.94. The number of nitrogens with zero attached hydrogens (tertiary/aromatic N) is 3. The van der Waals surface area contributed by atoms with Crippen LogP contribution in [0.15, 0.2) is 82.3 Å². The van der Waals surface area contributed by atoms with Crippen LogP contribution in [0.4, 0.5) is 5.69 Å². The lowest BCUT2D eigenvalue weighted by Crippen LogP contribution is -2.46. The van der Waals surface area contributed by atoms with Crippen molar-refractivity contribution in [1.82, 2.24) is 15.5 Å². The average molecular weight is 465 g/mol. The van der Waals surface area contributed by atoms with E-state index < -0.39 is 0 Å². The smallest absolute Gasteiger partial charge is 0.258 e. The van der Waals surface area contributed by atoms with E-state index in [1.165, 1.54) is 0 Å². The second-order valence-corrected chi connectivity index (χ2v) is 8.78. The summed E-state index contributed by atoms with van der Waals surface area (Å²) in [5.74, 6) is 1.01. The van der Waals surface area contributed by atoms with E-state index in [1.807, 2.05) is 83.9 Å². The number of nitrogens with one attached hydrogen (secondary N) is 1. The standard InChI is InChI=1S/C23H17ClN4OS2/c1-14-19(22-26-21(27-29-22)18-11-6-12-31-18)20(15-7-5-8-16(24)13-15)25-23(30)28(14)17-9-3-2-4-10-17/h2-13,20H,1H3,(H,25,30). The van der Waals surface area contributed by atoms with Gasteiger partial charge in [-0.3, -0.25) is 4.90 Å². The number of benzene rings is 2. The minimum Gasteiger partial charge on any atom is -0.351 e. The Morgan fingerprint density at radius 3 is 2.68 bits per heavy atom. The number of allylic oxidation sites excluding steroid dienone is 1. The van der Waals surface area contributed by atoms with Gasteiger partial charge in [-0.2, -0.15) is 4.98 Å². The third-order valence-electron chi connectivity index (χ3n) is 5.08. The third kappa shape index (κ3) is 3.76. The van der Waals surface area contributed by atoms with E-state index in [2.05, 4.69) is 10.5 Å². The molecule has 0 saturated heterocycles. The van der Waals surface area contributed by atoms with Crippen molar-refractivity contribution >= 4 is 51.5 Å². The Morgan fingerprint density at radius 2 is 1.94 bits per heavy atom. The molecular weight excluding hydrogens is 448 g/mol. The molecule has 1 aliphatic rings. The highest BCUT2D eigenvalue weighted by Crippen LogP contribution is 2.39. The topological polar surface area (TPSA) is 54.2 Å². The Kier molecular flexibility index (Phi) is 5.31. The second kappa shape index (κ2) is 8.26. The second-order valence-electron chi connectivity index (χ2n) is 7.01. The maximum Gasteiger partial charge on any atom is 0.258 e. The number of rotatable bonds is 4. The van der Waals surface area contributed by atoms with E-state index >= 15 is 0 Å². The van der Waals surface area contributed by atoms with Crippen LogP contribution in [0.5, 0.6) is 0 Å². The van der Waals surface area contributed by atoms with Crippen LogP contribution in [0.25, 0.3) is 16.3 Å². The predicted octanol–water partition coefficient (Wildman–Crippen LogP) is 6.32. The van der Waals surface area contributed by atoms with Gasteiger partial charge < -0.3 is 9.84 Å². The molecule has 5 rings (SSSR count). The lowest BCUT2D eigenvalue weighted by Gasteiger charge is -2.37. The number of hydrogen-bond acceptors (Lipinski definition) is 5. The van der Waals surface area contributed by atoms with Crippen molar-refractivity contribution in [2.45, 2.75) is 13.0 Å². The SMILES string of the molecule is CC1=C(c2nc(-c3cccs3)no2)C(c2cccc(Cl)c2)NC(=S)N1c1ccccc1. The molecule has 0 bridgehead atoms. The summed E-state index contributed by atoms with van der Waals surface area (Å²) in [6, 6.07) is 21.3. The molecule has 0 spiro atoms. The molecule has 0 fully saturated rings. The zero-order valence-corrected chi connectivity index (χ0v) is 18.8. The number of thiophene rings is 1. The van der Waals surface area contributed by atoms with Crippen molar-refractivity contribution < 1.29 is 4.52 Å². The first-order valence-electron chi connectivity index (χ1n) is 9.61. The fraction of sp³-hybridized carbons (Fsp3) is 0.0870. The molecule has 0 radical (unpaired) electrons. The summed E-state index contributed by atoms with van der Waals surface area (Å²) in [7, 11) is 0. The van der Waals surface area contributed by atoms with E-state index in [1.54, 1.807) is 11.3 Å². The molecule has 2 aromatic heterocycles. The molecular formula is C23H17ClN4OS2. The molecule has 1 N–H and O–H groups in total. The highest BCUT2D eigenvalue weighted by Gasteiger charge is 2.34. The molecule has 5 nitrogen and oxygen atoms in total. The number of thiocarbonyl (C=S) groups is 1. The summed E-state index contributed by atoms with van der Waals surface area (Å²) < 4.78 is 5.74. The Hall–Kier alpha value is -3.00. The number of aromatic nitrogens is 2. The van der Waals surface area contributed by atoms with Gasteiger partial charge in [-0.05, 0) is 60.4 Å². The van der Waals surface area contributed by atoms with Crippen LogP contribution in [-0.2, 0) is 0 Å². The quantitative estimate of drug-likeness (QED) is 0.357. The summed E-state index contributed by atoms with van der Waals surface area (Å²) >= 11 is 13.6. The molecule has 1 unspecified atom stereocenters. The first kappa shape index (κ1) is 19.9. The summed E-state index contributed by atoms with van der Waals surface area (Å²) in [6.07, 6.45) is 0. The number of anilines is 1. The summed E-state index contributed by atoms with van der Waals surface area (Å²) in [5, 5.41) is 10.9. The van der Waals surface area contributed by atoms with Crippen molar-refractivity contribution in [1.29, 1.82) is 0 Å². The van der Waals surface area contributed by atoms with Gasteiger partial charge >= 0.3 is 0 Å². The molecule has 154 valence electrons. The Balaban J connectivity index is 1.67. The van der Waals surface area contributed by atoms with Crippen LogP contribution >= 0.6 is 35.2 Å². The first-order chi connectivity index (χ1) is 15.1. The Labute approximate surface area is 194 Å². The zero-order valence-electron chi connectivity index (χ0n) is 16.4. The minimum atomic E-state index is -0.275. The van der Waals surface area contributed by atoms with Crippen LogP contribution in [0.2, 0.25) is 5.02 Å². The highest BCUT2D eigenvalue weighted by atomic mass is 35.5. The van der Waals surface area contributed by atoms with Crippen molar-refractivity contribution in [3.05, 3.63) is 94.3 Å². The van der Waals surface area contributed by atoms with Gasteiger partial charge in [0, 0.05) is 16.4 Å². The fourth-order valence-electron chi connectivity index (χ4n) is 3.68. The van der Waals surface area contributed by atoms with Gasteiger partial charge in [0.2, 0.25) is 5.82 Å². The van der Waals surface area contributed by atoms with Crippen LogP contribution in [0.3, 0.4) is 0 Å². The van der Waals surface area contributed by atoms with Crippen LogP contribution in [0.1, 0.15) is 24.4 Å². The normalized spacial score (nSPS) is 16.5. The highest BCUT2D eigenvalue weighted by molar-refractivity contribution is 7.80. The van der Waals surface area contributed by atoms with E-state index in [0.717, 1.165) is 27.4 Å². The number of para-hydroxylation sites is 1. The predicted molar refractivity (Wildman–Crippen MR) is 129 cm³/mol. The molecule has 1 atom stereocenters. The summed E-state index contributed by atoms with van der Waals surface area (Å²) in [5.41, 5.74) is 3.70. The Bertz CT molecular complexity index is 1270. The lowest BCUT2D eigenvalue weighted by molar-refractivity contribution is 0.404. The van der Waals surface area contributed by atoms with E-state index in [0.29, 0.717) is 21.9 Å². The third-order valence-corrected chi connectivity index (χ3v) is 6.48. The van der Waals surface area contributed by atoms with Crippen molar-refractivity contribution in [3.8, 4) is 10.7 Å². The summed E-state index contributed by atoms with van der Waals surface area (Å²) in [6.45, 7) is 2.02. The molecule has 0 aliphatic carbocycles. The minimum absolute atomic E-state index is 0.275. The molecule has 4 aromatic rings. The van der Waals surface area contributed by atoms with Gasteiger partial charge in [-0.1, -0.05) is 53.2 Å². The number of halogens is 1. The molecule has 0 amide bonds. The van der Waals surface area contributed by atoms with E-state index in [9.17, 15) is 0 Å². The molecule has 8 heteroatoms. The van der Waals surface area contributed by atoms with E-state index in [4.69, 9.17) is 33.3 Å². The maximum absolute atomic E-state index is 6.29. The van der Waals surface area contributed by atoms with Gasteiger partial charge in [-0.25, -0.2) is 0 Å². The molecule has 1 aliphatic heterocycles. The van der Waals surface area contributed by atoms with Gasteiger partial charge in [0.15, 0.2) is 5.11 Å². The zero-order chi connectivity index (χ0) is 21.4. The van der Waals surface area contributed by atoms with Crippen LogP contribution < -0.4 is 10.2 Å². The van der Waals surface area contributed by atoms with Crippen LogP contribution in [-0.4, -0.2) is 15.3 Å². The maximum atomic E-state index is 6.29. The Morgan fingerprint density at radius 1 is 1.10 bits per heavy atom. The fourth-order valence-corrected chi connectivity index (χ4v) is 4.89. The monoisotopic (exact) mass is 464 g/mol. The molecule has 31 heavy (non-hydrogen) atoms. The number of hydrogen-bond donors (Lipinski definition) is 1. The van der Waals surface area contributed by atoms with Gasteiger partial charge in [0.05, 0.1) is 16.5 Å². The average Bonchev–Trinajstić information content (AvgIpc) is 3.46. The largest absolute Gasteiger partial charge is 0.351 e. The van der Waals surface area contributed by atoms with Gasteiger partial charge in [0.25, 0.3) is 5.89 Å². The van der Waals surface area contributed by atoms with Gasteiger partial charge in [-0.15, -0.1) is 11.3 Å². The molecule has 3 heterocycles.